The first-order valence-corrected chi connectivity index (χ1v) is 9.44. The normalized spacial score (nSPS) is 35.6. The predicted molar refractivity (Wildman–Crippen MR) is 97.2 cm³/mol. The van der Waals surface area contributed by atoms with Crippen LogP contribution in [0, 0.1) is 11.8 Å². The Labute approximate surface area is 142 Å². The fourth-order valence-electron chi connectivity index (χ4n) is 3.91. The Morgan fingerprint density at radius 3 is 2.39 bits per heavy atom. The topological polar surface area (TPSA) is 40.5 Å². The van der Waals surface area contributed by atoms with Gasteiger partial charge in [-0.15, -0.1) is 0 Å². The van der Waals surface area contributed by atoms with E-state index in [-0.39, 0.29) is 0 Å². The van der Waals surface area contributed by atoms with Crippen LogP contribution >= 0.6 is 0 Å². The first kappa shape index (κ1) is 18.5. The van der Waals surface area contributed by atoms with Crippen LogP contribution in [0.2, 0.25) is 0 Å². The van der Waals surface area contributed by atoms with Gasteiger partial charge in [0.25, 0.3) is 0 Å². The third-order valence-electron chi connectivity index (χ3n) is 5.85. The van der Waals surface area contributed by atoms with Crippen molar-refractivity contribution in [1.82, 2.24) is 0 Å². The molecule has 2 nitrogen and oxygen atoms in total. The van der Waals surface area contributed by atoms with Crippen molar-refractivity contribution in [3.8, 4) is 0 Å². The minimum atomic E-state index is -0.591. The molecule has 2 aliphatic carbocycles. The first-order chi connectivity index (χ1) is 11.0. The maximum atomic E-state index is 9.96. The highest BCUT2D eigenvalue weighted by molar-refractivity contribution is 5.27. The SMILES string of the molecule is C=C1[C@H](O)CC(=C/C=C2\CCCCC(CC)CCC2C)C[C@H]1O. The average Bonchev–Trinajstić information content (AvgIpc) is 2.61. The number of aliphatic hydroxyl groups is 2. The summed E-state index contributed by atoms with van der Waals surface area (Å²) in [5.74, 6) is 1.55. The Morgan fingerprint density at radius 2 is 1.74 bits per heavy atom. The number of allylic oxidation sites excluding steroid dienone is 3. The largest absolute Gasteiger partial charge is 0.388 e. The van der Waals surface area contributed by atoms with Gasteiger partial charge in [0, 0.05) is 0 Å². The molecule has 2 fully saturated rings. The van der Waals surface area contributed by atoms with E-state index in [2.05, 4.69) is 32.6 Å². The molecule has 0 amide bonds. The van der Waals surface area contributed by atoms with Crippen LogP contribution in [0.15, 0.2) is 35.5 Å². The molecule has 0 saturated heterocycles. The molecule has 0 radical (unpaired) electrons. The molecule has 130 valence electrons. The number of hydrogen-bond acceptors (Lipinski definition) is 2. The molecular formula is C21H34O2. The van der Waals surface area contributed by atoms with Gasteiger partial charge in [-0.2, -0.15) is 0 Å². The van der Waals surface area contributed by atoms with Crippen molar-refractivity contribution >= 4 is 0 Å². The zero-order chi connectivity index (χ0) is 16.8. The minimum Gasteiger partial charge on any atom is -0.388 e. The minimum absolute atomic E-state index is 0.566. The van der Waals surface area contributed by atoms with E-state index in [1.54, 1.807) is 5.57 Å². The molecule has 0 bridgehead atoms. The molecule has 2 unspecified atom stereocenters. The Hall–Kier alpha value is -0.860. The molecule has 0 aliphatic heterocycles. The summed E-state index contributed by atoms with van der Waals surface area (Å²) in [6.07, 6.45) is 13.6. The molecule has 2 heteroatoms. The molecule has 0 spiro atoms. The van der Waals surface area contributed by atoms with Gasteiger partial charge in [0.2, 0.25) is 0 Å². The van der Waals surface area contributed by atoms with Crippen molar-refractivity contribution in [2.45, 2.75) is 83.8 Å². The van der Waals surface area contributed by atoms with Gasteiger partial charge in [-0.3, -0.25) is 0 Å². The quantitative estimate of drug-likeness (QED) is 0.709. The molecule has 2 N–H and O–H groups in total. The van der Waals surface area contributed by atoms with Gasteiger partial charge in [-0.05, 0) is 55.9 Å². The van der Waals surface area contributed by atoms with Crippen LogP contribution in [-0.2, 0) is 0 Å². The van der Waals surface area contributed by atoms with Crippen LogP contribution in [0.5, 0.6) is 0 Å². The predicted octanol–water partition coefficient (Wildman–Crippen LogP) is 4.93. The van der Waals surface area contributed by atoms with Gasteiger partial charge < -0.3 is 10.2 Å². The molecule has 2 rings (SSSR count). The summed E-state index contributed by atoms with van der Waals surface area (Å²) in [5, 5.41) is 19.9. The lowest BCUT2D eigenvalue weighted by Gasteiger charge is -2.27. The summed E-state index contributed by atoms with van der Waals surface area (Å²) in [4.78, 5) is 0. The van der Waals surface area contributed by atoms with Crippen molar-refractivity contribution in [2.24, 2.45) is 11.8 Å². The lowest BCUT2D eigenvalue weighted by Crippen LogP contribution is -2.27. The third-order valence-corrected chi connectivity index (χ3v) is 5.85. The van der Waals surface area contributed by atoms with E-state index in [0.29, 0.717) is 24.3 Å². The molecule has 0 heterocycles. The zero-order valence-electron chi connectivity index (χ0n) is 14.9. The first-order valence-electron chi connectivity index (χ1n) is 9.44. The van der Waals surface area contributed by atoms with Gasteiger partial charge >= 0.3 is 0 Å². The number of hydrogen-bond donors (Lipinski definition) is 2. The fraction of sp³-hybridized carbons (Fsp3) is 0.714. The molecule has 23 heavy (non-hydrogen) atoms. The van der Waals surface area contributed by atoms with Gasteiger partial charge in [0.15, 0.2) is 0 Å². The Bertz CT molecular complexity index is 444. The van der Waals surface area contributed by atoms with Crippen LogP contribution in [0.1, 0.15) is 71.6 Å². The third kappa shape index (κ3) is 5.32. The van der Waals surface area contributed by atoms with E-state index in [1.165, 1.54) is 44.9 Å². The molecule has 2 aliphatic rings. The second-order valence-electron chi connectivity index (χ2n) is 7.58. The van der Waals surface area contributed by atoms with E-state index < -0.39 is 12.2 Å². The van der Waals surface area contributed by atoms with Crippen molar-refractivity contribution in [1.29, 1.82) is 0 Å². The van der Waals surface area contributed by atoms with Gasteiger partial charge in [-0.25, -0.2) is 0 Å². The smallest absolute Gasteiger partial charge is 0.0809 e. The second kappa shape index (κ2) is 8.84. The van der Waals surface area contributed by atoms with Gasteiger partial charge in [-0.1, -0.05) is 63.0 Å². The average molecular weight is 319 g/mol. The molecule has 4 atom stereocenters. The maximum absolute atomic E-state index is 9.96. The summed E-state index contributed by atoms with van der Waals surface area (Å²) in [6.45, 7) is 8.46. The summed E-state index contributed by atoms with van der Waals surface area (Å²) in [6, 6.07) is 0. The molecule has 0 aromatic rings. The standard InChI is InChI=1S/C21H34O2/c1-4-17-7-5-6-8-19(15(2)9-10-17)12-11-18-13-20(22)16(3)21(23)14-18/h11-12,15,17,20-23H,3-10,13-14H2,1-2H3/b19-12+/t15?,17?,20-,21-/m1/s1. The van der Waals surface area contributed by atoms with Crippen LogP contribution in [0.4, 0.5) is 0 Å². The van der Waals surface area contributed by atoms with Crippen LogP contribution in [-0.4, -0.2) is 22.4 Å². The highest BCUT2D eigenvalue weighted by atomic mass is 16.3. The molecular weight excluding hydrogens is 284 g/mol. The maximum Gasteiger partial charge on any atom is 0.0809 e. The Morgan fingerprint density at radius 1 is 1.04 bits per heavy atom. The van der Waals surface area contributed by atoms with Crippen molar-refractivity contribution in [3.05, 3.63) is 35.5 Å². The zero-order valence-corrected chi connectivity index (χ0v) is 14.9. The van der Waals surface area contributed by atoms with E-state index in [9.17, 15) is 10.2 Å². The van der Waals surface area contributed by atoms with Gasteiger partial charge in [0.05, 0.1) is 12.2 Å². The fourth-order valence-corrected chi connectivity index (χ4v) is 3.91. The monoisotopic (exact) mass is 318 g/mol. The van der Waals surface area contributed by atoms with Crippen LogP contribution in [0.25, 0.3) is 0 Å². The number of rotatable bonds is 2. The van der Waals surface area contributed by atoms with Crippen molar-refractivity contribution in [2.75, 3.05) is 0 Å². The van der Waals surface area contributed by atoms with E-state index in [0.717, 1.165) is 11.5 Å². The highest BCUT2D eigenvalue weighted by Gasteiger charge is 2.25. The van der Waals surface area contributed by atoms with Crippen molar-refractivity contribution < 1.29 is 10.2 Å². The molecule has 2 saturated carbocycles. The number of aliphatic hydroxyl groups excluding tert-OH is 2. The summed E-state index contributed by atoms with van der Waals surface area (Å²) < 4.78 is 0. The summed E-state index contributed by atoms with van der Waals surface area (Å²) in [7, 11) is 0. The summed E-state index contributed by atoms with van der Waals surface area (Å²) >= 11 is 0. The van der Waals surface area contributed by atoms with Crippen molar-refractivity contribution in [3.63, 3.8) is 0 Å². The van der Waals surface area contributed by atoms with Crippen LogP contribution in [0.3, 0.4) is 0 Å². The van der Waals surface area contributed by atoms with E-state index >= 15 is 0 Å². The lowest BCUT2D eigenvalue weighted by atomic mass is 9.85. The Kier molecular flexibility index (Phi) is 7.10. The van der Waals surface area contributed by atoms with Crippen LogP contribution < -0.4 is 0 Å². The second-order valence-corrected chi connectivity index (χ2v) is 7.58. The Balaban J connectivity index is 2.04. The highest BCUT2D eigenvalue weighted by Crippen LogP contribution is 2.32. The molecule has 0 aromatic heterocycles. The molecule has 0 aromatic carbocycles. The summed E-state index contributed by atoms with van der Waals surface area (Å²) in [5.41, 5.74) is 3.25. The van der Waals surface area contributed by atoms with Gasteiger partial charge in [0.1, 0.15) is 0 Å². The van der Waals surface area contributed by atoms with E-state index in [1.807, 2.05) is 0 Å². The van der Waals surface area contributed by atoms with E-state index in [4.69, 9.17) is 0 Å². The lowest BCUT2D eigenvalue weighted by molar-refractivity contribution is 0.123.